The number of ether oxygens (including phenoxy) is 1. The molecule has 134 valence electrons. The van der Waals surface area contributed by atoms with E-state index in [0.29, 0.717) is 18.3 Å². The van der Waals surface area contributed by atoms with Gasteiger partial charge in [0, 0.05) is 12.2 Å². The van der Waals surface area contributed by atoms with Crippen LogP contribution in [-0.4, -0.2) is 28.8 Å². The Balaban J connectivity index is 1.61. The molecule has 0 aliphatic heterocycles. The van der Waals surface area contributed by atoms with Gasteiger partial charge in [-0.2, -0.15) is 10.1 Å². The van der Waals surface area contributed by atoms with Gasteiger partial charge in [0.25, 0.3) is 0 Å². The first-order chi connectivity index (χ1) is 12.6. The molecule has 6 heteroatoms. The zero-order valence-electron chi connectivity index (χ0n) is 15.3. The maximum Gasteiger partial charge on any atom is 0.244 e. The van der Waals surface area contributed by atoms with Gasteiger partial charge in [-0.1, -0.05) is 24.3 Å². The Hall–Kier alpha value is -3.15. The average molecular weight is 349 g/mol. The van der Waals surface area contributed by atoms with Crippen molar-refractivity contribution >= 4 is 17.5 Å². The Labute approximate surface area is 153 Å². The van der Waals surface area contributed by atoms with Crippen molar-refractivity contribution in [2.24, 2.45) is 0 Å². The minimum atomic E-state index is 0.503. The van der Waals surface area contributed by atoms with Crippen LogP contribution < -0.4 is 15.4 Å². The van der Waals surface area contributed by atoms with Crippen molar-refractivity contribution in [2.75, 3.05) is 24.3 Å². The zero-order valence-corrected chi connectivity index (χ0v) is 15.3. The van der Waals surface area contributed by atoms with Gasteiger partial charge in [0.15, 0.2) is 5.82 Å². The molecule has 6 nitrogen and oxygen atoms in total. The van der Waals surface area contributed by atoms with E-state index in [2.05, 4.69) is 63.9 Å². The van der Waals surface area contributed by atoms with Crippen molar-refractivity contribution in [3.05, 3.63) is 65.4 Å². The third-order valence-electron chi connectivity index (χ3n) is 4.05. The van der Waals surface area contributed by atoms with E-state index < -0.39 is 0 Å². The van der Waals surface area contributed by atoms with Gasteiger partial charge in [0.05, 0.1) is 13.3 Å². The molecule has 1 heterocycles. The van der Waals surface area contributed by atoms with Crippen LogP contribution in [0.3, 0.4) is 0 Å². The number of hydrogen-bond donors (Lipinski definition) is 2. The molecule has 0 saturated heterocycles. The Bertz CT molecular complexity index is 882. The van der Waals surface area contributed by atoms with Gasteiger partial charge in [-0.25, -0.2) is 0 Å². The van der Waals surface area contributed by atoms with Gasteiger partial charge in [-0.3, -0.25) is 0 Å². The predicted molar refractivity (Wildman–Crippen MR) is 104 cm³/mol. The average Bonchev–Trinajstić information content (AvgIpc) is 2.65. The van der Waals surface area contributed by atoms with E-state index in [9.17, 15) is 0 Å². The molecule has 0 unspecified atom stereocenters. The molecule has 0 amide bonds. The number of rotatable bonds is 7. The van der Waals surface area contributed by atoms with E-state index in [1.807, 2.05) is 18.2 Å². The molecule has 1 aromatic heterocycles. The number of aryl methyl sites for hydroxylation is 2. The number of benzene rings is 2. The lowest BCUT2D eigenvalue weighted by Gasteiger charge is -2.10. The molecule has 3 rings (SSSR count). The van der Waals surface area contributed by atoms with Gasteiger partial charge in [-0.05, 0) is 55.2 Å². The molecule has 0 radical (unpaired) electrons. The summed E-state index contributed by atoms with van der Waals surface area (Å²) in [5.41, 5.74) is 4.56. The van der Waals surface area contributed by atoms with Crippen molar-refractivity contribution in [3.63, 3.8) is 0 Å². The third-order valence-corrected chi connectivity index (χ3v) is 4.05. The van der Waals surface area contributed by atoms with Crippen molar-refractivity contribution in [2.45, 2.75) is 20.3 Å². The first-order valence-electron chi connectivity index (χ1n) is 8.55. The second-order valence-electron chi connectivity index (χ2n) is 6.14. The number of hydrogen-bond acceptors (Lipinski definition) is 6. The fourth-order valence-electron chi connectivity index (χ4n) is 2.59. The largest absolute Gasteiger partial charge is 0.497 e. The monoisotopic (exact) mass is 349 g/mol. The summed E-state index contributed by atoms with van der Waals surface area (Å²) in [6, 6.07) is 14.3. The third kappa shape index (κ3) is 4.69. The van der Waals surface area contributed by atoms with Crippen LogP contribution in [0.2, 0.25) is 0 Å². The zero-order chi connectivity index (χ0) is 18.4. The highest BCUT2D eigenvalue weighted by Crippen LogP contribution is 2.20. The SMILES string of the molecule is COc1cccc(CCNc2nncc(Nc3cc(C)ccc3C)n2)c1. The summed E-state index contributed by atoms with van der Waals surface area (Å²) in [7, 11) is 1.67. The Morgan fingerprint density at radius 3 is 2.81 bits per heavy atom. The summed E-state index contributed by atoms with van der Waals surface area (Å²) < 4.78 is 5.25. The van der Waals surface area contributed by atoms with Crippen LogP contribution >= 0.6 is 0 Å². The Morgan fingerprint density at radius 1 is 1.08 bits per heavy atom. The molecular formula is C20H23N5O. The number of anilines is 3. The lowest BCUT2D eigenvalue weighted by Crippen LogP contribution is -2.10. The maximum atomic E-state index is 5.25. The molecule has 0 saturated carbocycles. The van der Waals surface area contributed by atoms with Crippen molar-refractivity contribution in [1.29, 1.82) is 0 Å². The van der Waals surface area contributed by atoms with E-state index in [1.165, 1.54) is 11.1 Å². The molecule has 0 aliphatic rings. The molecule has 2 aromatic carbocycles. The normalized spacial score (nSPS) is 10.4. The minimum Gasteiger partial charge on any atom is -0.497 e. The summed E-state index contributed by atoms with van der Waals surface area (Å²) in [5.74, 6) is 2.03. The van der Waals surface area contributed by atoms with Crippen LogP contribution in [0.1, 0.15) is 16.7 Å². The fraction of sp³-hybridized carbons (Fsp3) is 0.250. The molecule has 0 atom stereocenters. The predicted octanol–water partition coefficient (Wildman–Crippen LogP) is 3.90. The van der Waals surface area contributed by atoms with Crippen LogP contribution in [0.4, 0.5) is 17.5 Å². The number of nitrogens with one attached hydrogen (secondary N) is 2. The van der Waals surface area contributed by atoms with Gasteiger partial charge >= 0.3 is 0 Å². The molecule has 3 aromatic rings. The van der Waals surface area contributed by atoms with Gasteiger partial charge < -0.3 is 15.4 Å². The van der Waals surface area contributed by atoms with E-state index in [0.717, 1.165) is 23.4 Å². The van der Waals surface area contributed by atoms with Gasteiger partial charge in [0.2, 0.25) is 5.95 Å². The van der Waals surface area contributed by atoms with E-state index >= 15 is 0 Å². The topological polar surface area (TPSA) is 72.0 Å². The quantitative estimate of drug-likeness (QED) is 0.674. The van der Waals surface area contributed by atoms with Gasteiger partial charge in [0.1, 0.15) is 5.75 Å². The van der Waals surface area contributed by atoms with Crippen LogP contribution in [0.15, 0.2) is 48.7 Å². The lowest BCUT2D eigenvalue weighted by atomic mass is 10.1. The van der Waals surface area contributed by atoms with Crippen molar-refractivity contribution < 1.29 is 4.74 Å². The summed E-state index contributed by atoms with van der Waals surface area (Å²) >= 11 is 0. The Kier molecular flexibility index (Phi) is 5.63. The summed E-state index contributed by atoms with van der Waals surface area (Å²) in [6.07, 6.45) is 2.46. The molecule has 0 bridgehead atoms. The van der Waals surface area contributed by atoms with Crippen molar-refractivity contribution in [1.82, 2.24) is 15.2 Å². The highest BCUT2D eigenvalue weighted by Gasteiger charge is 2.04. The summed E-state index contributed by atoms with van der Waals surface area (Å²) in [6.45, 7) is 4.83. The highest BCUT2D eigenvalue weighted by molar-refractivity contribution is 5.61. The second kappa shape index (κ2) is 8.29. The van der Waals surface area contributed by atoms with E-state index in [1.54, 1.807) is 13.3 Å². The molecule has 0 aliphatic carbocycles. The number of aromatic nitrogens is 3. The number of methoxy groups -OCH3 is 1. The summed E-state index contributed by atoms with van der Waals surface area (Å²) in [5, 5.41) is 14.6. The second-order valence-corrected chi connectivity index (χ2v) is 6.14. The molecule has 0 fully saturated rings. The van der Waals surface area contributed by atoms with Crippen LogP contribution in [0.5, 0.6) is 5.75 Å². The Morgan fingerprint density at radius 2 is 1.96 bits per heavy atom. The smallest absolute Gasteiger partial charge is 0.244 e. The minimum absolute atomic E-state index is 0.503. The molecule has 2 N–H and O–H groups in total. The highest BCUT2D eigenvalue weighted by atomic mass is 16.5. The molecule has 26 heavy (non-hydrogen) atoms. The standard InChI is InChI=1S/C20H23N5O/c1-14-7-8-15(2)18(11-14)23-19-13-22-25-20(24-19)21-10-9-16-5-4-6-17(12-16)26-3/h4-8,11-13H,9-10H2,1-3H3,(H2,21,23,24,25). The van der Waals surface area contributed by atoms with E-state index in [-0.39, 0.29) is 0 Å². The summed E-state index contributed by atoms with van der Waals surface area (Å²) in [4.78, 5) is 4.48. The number of nitrogens with zero attached hydrogens (tertiary/aromatic N) is 3. The molecule has 0 spiro atoms. The fourth-order valence-corrected chi connectivity index (χ4v) is 2.59. The maximum absolute atomic E-state index is 5.25. The van der Waals surface area contributed by atoms with Crippen molar-refractivity contribution in [3.8, 4) is 5.75 Å². The van der Waals surface area contributed by atoms with E-state index in [4.69, 9.17) is 4.74 Å². The van der Waals surface area contributed by atoms with Crippen LogP contribution in [0.25, 0.3) is 0 Å². The van der Waals surface area contributed by atoms with Crippen LogP contribution in [0, 0.1) is 13.8 Å². The first-order valence-corrected chi connectivity index (χ1v) is 8.55. The lowest BCUT2D eigenvalue weighted by molar-refractivity contribution is 0.414. The first kappa shape index (κ1) is 17.7. The van der Waals surface area contributed by atoms with Gasteiger partial charge in [-0.15, -0.1) is 5.10 Å². The van der Waals surface area contributed by atoms with Crippen LogP contribution in [-0.2, 0) is 6.42 Å². The molecular weight excluding hydrogens is 326 g/mol.